The molecule has 0 bridgehead atoms. The third-order valence-electron chi connectivity index (χ3n) is 4.75. The van der Waals surface area contributed by atoms with Gasteiger partial charge in [0.25, 0.3) is 10.0 Å². The molecule has 0 spiro atoms. The van der Waals surface area contributed by atoms with Crippen LogP contribution in [-0.2, 0) is 20.0 Å². The number of nitrogens with zero attached hydrogens (tertiary/aromatic N) is 1. The van der Waals surface area contributed by atoms with Gasteiger partial charge in [0.15, 0.2) is 0 Å². The van der Waals surface area contributed by atoms with E-state index >= 15 is 0 Å². The van der Waals surface area contributed by atoms with Gasteiger partial charge in [-0.05, 0) is 55.2 Å². The minimum absolute atomic E-state index is 0.00831. The molecule has 160 valence electrons. The first-order valence-electron chi connectivity index (χ1n) is 9.46. The quantitative estimate of drug-likeness (QED) is 0.621. The van der Waals surface area contributed by atoms with Crippen molar-refractivity contribution in [3.8, 4) is 0 Å². The van der Waals surface area contributed by atoms with Crippen molar-refractivity contribution in [1.29, 1.82) is 0 Å². The Morgan fingerprint density at radius 3 is 2.00 bits per heavy atom. The highest BCUT2D eigenvalue weighted by molar-refractivity contribution is 7.92. The standard InChI is InChI=1S/C20H29N3O4S2/c1-6-15(3)16-8-10-17(11-9-16)28(24,25)22-20-14-18(29(26,27)23(4)5)12-13-19(20)21-7-2/h8-15,21-22H,6-7H2,1-5H3. The fraction of sp³-hybridized carbons (Fsp3) is 0.400. The predicted molar refractivity (Wildman–Crippen MR) is 117 cm³/mol. The van der Waals surface area contributed by atoms with Crippen LogP contribution in [0.3, 0.4) is 0 Å². The molecular formula is C20H29N3O4S2. The molecule has 0 aliphatic carbocycles. The van der Waals surface area contributed by atoms with Crippen molar-refractivity contribution in [2.75, 3.05) is 30.7 Å². The lowest BCUT2D eigenvalue weighted by Crippen LogP contribution is -2.22. The maximum atomic E-state index is 12.9. The number of hydrogen-bond acceptors (Lipinski definition) is 5. The summed E-state index contributed by atoms with van der Waals surface area (Å²) in [6.07, 6.45) is 0.962. The van der Waals surface area contributed by atoms with E-state index in [1.165, 1.54) is 26.2 Å². The SMILES string of the molecule is CCNc1ccc(S(=O)(=O)N(C)C)cc1NS(=O)(=O)c1ccc(C(C)CC)cc1. The van der Waals surface area contributed by atoms with Crippen molar-refractivity contribution >= 4 is 31.4 Å². The van der Waals surface area contributed by atoms with E-state index in [4.69, 9.17) is 0 Å². The Bertz CT molecular complexity index is 1050. The summed E-state index contributed by atoms with van der Waals surface area (Å²) in [6.45, 7) is 6.59. The maximum absolute atomic E-state index is 12.9. The molecule has 2 rings (SSSR count). The van der Waals surface area contributed by atoms with E-state index < -0.39 is 20.0 Å². The number of hydrogen-bond donors (Lipinski definition) is 2. The van der Waals surface area contributed by atoms with Gasteiger partial charge < -0.3 is 5.32 Å². The molecule has 29 heavy (non-hydrogen) atoms. The molecule has 0 saturated heterocycles. The lowest BCUT2D eigenvalue weighted by atomic mass is 9.99. The summed E-state index contributed by atoms with van der Waals surface area (Å²) in [7, 11) is -4.73. The van der Waals surface area contributed by atoms with Crippen LogP contribution in [0.2, 0.25) is 0 Å². The molecule has 0 saturated carbocycles. The summed E-state index contributed by atoms with van der Waals surface area (Å²) in [6, 6.07) is 11.1. The molecule has 9 heteroatoms. The normalized spacial score (nSPS) is 13.3. The highest BCUT2D eigenvalue weighted by Crippen LogP contribution is 2.29. The van der Waals surface area contributed by atoms with Crippen LogP contribution in [0.25, 0.3) is 0 Å². The molecule has 1 atom stereocenters. The summed E-state index contributed by atoms with van der Waals surface area (Å²) in [4.78, 5) is 0.127. The van der Waals surface area contributed by atoms with Crippen molar-refractivity contribution in [3.05, 3.63) is 48.0 Å². The molecule has 2 aromatic carbocycles. The zero-order valence-electron chi connectivity index (χ0n) is 17.4. The zero-order valence-corrected chi connectivity index (χ0v) is 19.1. The van der Waals surface area contributed by atoms with Crippen LogP contribution in [0.1, 0.15) is 38.7 Å². The number of anilines is 2. The average molecular weight is 440 g/mol. The van der Waals surface area contributed by atoms with Gasteiger partial charge in [-0.3, -0.25) is 4.72 Å². The molecule has 7 nitrogen and oxygen atoms in total. The Morgan fingerprint density at radius 1 is 0.897 bits per heavy atom. The van der Waals surface area contributed by atoms with Gasteiger partial charge in [0.05, 0.1) is 21.2 Å². The van der Waals surface area contributed by atoms with Crippen molar-refractivity contribution < 1.29 is 16.8 Å². The molecule has 0 amide bonds. The molecule has 0 aliphatic rings. The monoisotopic (exact) mass is 439 g/mol. The number of benzene rings is 2. The van der Waals surface area contributed by atoms with Gasteiger partial charge in [0.1, 0.15) is 0 Å². The smallest absolute Gasteiger partial charge is 0.261 e. The Balaban J connectivity index is 2.44. The van der Waals surface area contributed by atoms with Crippen molar-refractivity contribution in [1.82, 2.24) is 4.31 Å². The minimum atomic E-state index is -3.88. The second-order valence-corrected chi connectivity index (χ2v) is 10.8. The lowest BCUT2D eigenvalue weighted by molar-refractivity contribution is 0.521. The predicted octanol–water partition coefficient (Wildman–Crippen LogP) is 3.68. The first-order chi connectivity index (χ1) is 13.5. The average Bonchev–Trinajstić information content (AvgIpc) is 2.68. The molecule has 2 aromatic rings. The third kappa shape index (κ3) is 5.29. The largest absolute Gasteiger partial charge is 0.384 e. The van der Waals surface area contributed by atoms with E-state index in [-0.39, 0.29) is 15.5 Å². The molecule has 0 fully saturated rings. The summed E-state index contributed by atoms with van der Waals surface area (Å²) in [5.41, 5.74) is 1.75. The third-order valence-corrected chi connectivity index (χ3v) is 7.95. The van der Waals surface area contributed by atoms with Crippen LogP contribution < -0.4 is 10.0 Å². The number of sulfonamides is 2. The van der Waals surface area contributed by atoms with Crippen molar-refractivity contribution in [2.24, 2.45) is 0 Å². The Kier molecular flexibility index (Phi) is 7.31. The number of nitrogens with one attached hydrogen (secondary N) is 2. The second-order valence-electron chi connectivity index (χ2n) is 7.01. The van der Waals surface area contributed by atoms with Gasteiger partial charge >= 0.3 is 0 Å². The van der Waals surface area contributed by atoms with E-state index in [1.807, 2.05) is 6.92 Å². The van der Waals surface area contributed by atoms with E-state index in [2.05, 4.69) is 23.9 Å². The molecule has 1 unspecified atom stereocenters. The summed E-state index contributed by atoms with van der Waals surface area (Å²) in [5.74, 6) is 0.341. The highest BCUT2D eigenvalue weighted by Gasteiger charge is 2.22. The second kappa shape index (κ2) is 9.15. The molecule has 2 N–H and O–H groups in total. The maximum Gasteiger partial charge on any atom is 0.261 e. The van der Waals surface area contributed by atoms with Gasteiger partial charge in [-0.1, -0.05) is 26.0 Å². The van der Waals surface area contributed by atoms with Crippen LogP contribution >= 0.6 is 0 Å². The Morgan fingerprint density at radius 2 is 1.48 bits per heavy atom. The number of rotatable bonds is 9. The van der Waals surface area contributed by atoms with Gasteiger partial charge in [0.2, 0.25) is 10.0 Å². The van der Waals surface area contributed by atoms with E-state index in [0.717, 1.165) is 16.3 Å². The molecule has 0 heterocycles. The van der Waals surface area contributed by atoms with Crippen LogP contribution in [0, 0.1) is 0 Å². The molecule has 0 radical (unpaired) electrons. The van der Waals surface area contributed by atoms with Crippen molar-refractivity contribution in [2.45, 2.75) is 42.9 Å². The zero-order chi connectivity index (χ0) is 21.8. The first kappa shape index (κ1) is 23.2. The molecular weight excluding hydrogens is 410 g/mol. The van der Waals surface area contributed by atoms with Gasteiger partial charge in [-0.2, -0.15) is 0 Å². The first-order valence-corrected chi connectivity index (χ1v) is 12.4. The highest BCUT2D eigenvalue weighted by atomic mass is 32.2. The fourth-order valence-electron chi connectivity index (χ4n) is 2.74. The van der Waals surface area contributed by atoms with Crippen LogP contribution in [0.5, 0.6) is 0 Å². The van der Waals surface area contributed by atoms with E-state index in [1.54, 1.807) is 30.3 Å². The molecule has 0 aliphatic heterocycles. The summed E-state index contributed by atoms with van der Waals surface area (Å²) < 4.78 is 54.3. The lowest BCUT2D eigenvalue weighted by Gasteiger charge is -2.17. The van der Waals surface area contributed by atoms with Crippen LogP contribution in [0.4, 0.5) is 11.4 Å². The van der Waals surface area contributed by atoms with Crippen LogP contribution in [0.15, 0.2) is 52.3 Å². The van der Waals surface area contributed by atoms with Gasteiger partial charge in [-0.15, -0.1) is 0 Å². The van der Waals surface area contributed by atoms with E-state index in [9.17, 15) is 16.8 Å². The summed E-state index contributed by atoms with van der Waals surface area (Å²) >= 11 is 0. The van der Waals surface area contributed by atoms with E-state index in [0.29, 0.717) is 18.2 Å². The van der Waals surface area contributed by atoms with Crippen molar-refractivity contribution in [3.63, 3.8) is 0 Å². The van der Waals surface area contributed by atoms with Gasteiger partial charge in [0, 0.05) is 20.6 Å². The molecule has 0 aromatic heterocycles. The topological polar surface area (TPSA) is 95.6 Å². The Labute approximate surface area is 174 Å². The van der Waals surface area contributed by atoms with Gasteiger partial charge in [-0.25, -0.2) is 21.1 Å². The minimum Gasteiger partial charge on any atom is -0.384 e. The fourth-order valence-corrected chi connectivity index (χ4v) is 4.74. The van der Waals surface area contributed by atoms with Crippen LogP contribution in [-0.4, -0.2) is 41.8 Å². The summed E-state index contributed by atoms with van der Waals surface area (Å²) in [5, 5.41) is 3.05. The Hall–Kier alpha value is -2.10.